The van der Waals surface area contributed by atoms with Gasteiger partial charge in [-0.25, -0.2) is 9.98 Å². The lowest BCUT2D eigenvalue weighted by molar-refractivity contribution is -0.114. The first-order valence-electron chi connectivity index (χ1n) is 8.40. The van der Waals surface area contributed by atoms with Gasteiger partial charge in [-0.2, -0.15) is 0 Å². The van der Waals surface area contributed by atoms with Gasteiger partial charge in [-0.1, -0.05) is 12.0 Å². The highest BCUT2D eigenvalue weighted by atomic mass is 127. The molecule has 0 aliphatic rings. The molecule has 3 N–H and O–H groups in total. The van der Waals surface area contributed by atoms with Gasteiger partial charge in [0.05, 0.1) is 5.01 Å². The number of aryl methyl sites for hydroxylation is 1. The molecule has 8 heteroatoms. The predicted molar refractivity (Wildman–Crippen MR) is 123 cm³/mol. The molecule has 1 heterocycles. The van der Waals surface area contributed by atoms with Crippen LogP contribution in [0.2, 0.25) is 0 Å². The van der Waals surface area contributed by atoms with E-state index in [9.17, 15) is 4.79 Å². The lowest BCUT2D eigenvalue weighted by atomic mass is 10.2. The Labute approximate surface area is 181 Å². The Hall–Kier alpha value is -2.12. The maximum absolute atomic E-state index is 12.1. The maximum Gasteiger partial charge on any atom is 0.246 e. The van der Waals surface area contributed by atoms with E-state index < -0.39 is 0 Å². The van der Waals surface area contributed by atoms with Crippen LogP contribution in [-0.2, 0) is 11.2 Å². The number of aliphatic imine (C=N–C) groups is 1. The van der Waals surface area contributed by atoms with Crippen LogP contribution in [0.1, 0.15) is 22.4 Å². The second kappa shape index (κ2) is 12.3. The van der Waals surface area contributed by atoms with E-state index >= 15 is 0 Å². The SMILES string of the molecule is C#Cc1cccc(NC(=O)CN=C(NCC)NCCc2ncc(C)s2)c1.I. The van der Waals surface area contributed by atoms with E-state index in [1.54, 1.807) is 29.5 Å². The molecule has 0 saturated heterocycles. The van der Waals surface area contributed by atoms with Crippen molar-refractivity contribution in [2.24, 2.45) is 4.99 Å². The topological polar surface area (TPSA) is 78.4 Å². The zero-order valence-corrected chi connectivity index (χ0v) is 18.6. The molecule has 0 unspecified atom stereocenters. The molecule has 27 heavy (non-hydrogen) atoms. The highest BCUT2D eigenvalue weighted by Crippen LogP contribution is 2.11. The number of hydrogen-bond acceptors (Lipinski definition) is 4. The third kappa shape index (κ3) is 8.41. The molecule has 1 aromatic heterocycles. The second-order valence-electron chi connectivity index (χ2n) is 5.51. The Morgan fingerprint density at radius 1 is 1.37 bits per heavy atom. The zero-order valence-electron chi connectivity index (χ0n) is 15.4. The zero-order chi connectivity index (χ0) is 18.8. The predicted octanol–water partition coefficient (Wildman–Crippen LogP) is 2.79. The van der Waals surface area contributed by atoms with Crippen LogP contribution in [0.5, 0.6) is 0 Å². The Balaban J connectivity index is 0.00000364. The number of aromatic nitrogens is 1. The molecule has 0 spiro atoms. The standard InChI is InChI=1S/C19H23N5OS.HI/c1-4-15-7-6-8-16(11-15)24-17(25)13-23-19(20-5-2)21-10-9-18-22-12-14(3)26-18;/h1,6-8,11-12H,5,9-10,13H2,2-3H3,(H,24,25)(H2,20,21,23);1H. The van der Waals surface area contributed by atoms with Crippen LogP contribution in [0.15, 0.2) is 35.5 Å². The number of amides is 1. The first kappa shape index (κ1) is 22.9. The number of anilines is 1. The van der Waals surface area contributed by atoms with Crippen LogP contribution in [-0.4, -0.2) is 36.5 Å². The van der Waals surface area contributed by atoms with Gasteiger partial charge in [-0.15, -0.1) is 41.7 Å². The molecule has 0 bridgehead atoms. The summed E-state index contributed by atoms with van der Waals surface area (Å²) in [4.78, 5) is 21.9. The number of rotatable bonds is 7. The Morgan fingerprint density at radius 2 is 2.19 bits per heavy atom. The summed E-state index contributed by atoms with van der Waals surface area (Å²) in [5.41, 5.74) is 1.39. The molecule has 0 atom stereocenters. The van der Waals surface area contributed by atoms with Crippen LogP contribution >= 0.6 is 35.3 Å². The van der Waals surface area contributed by atoms with Crippen LogP contribution in [0, 0.1) is 19.3 Å². The fourth-order valence-corrected chi connectivity index (χ4v) is 2.97. The minimum atomic E-state index is -0.202. The molecule has 2 rings (SSSR count). The molecule has 144 valence electrons. The molecule has 0 aliphatic heterocycles. The summed E-state index contributed by atoms with van der Waals surface area (Å²) < 4.78 is 0. The third-order valence-electron chi connectivity index (χ3n) is 3.34. The van der Waals surface area contributed by atoms with Crippen molar-refractivity contribution in [2.45, 2.75) is 20.3 Å². The average Bonchev–Trinajstić information content (AvgIpc) is 3.05. The van der Waals surface area contributed by atoms with Gasteiger partial charge >= 0.3 is 0 Å². The summed E-state index contributed by atoms with van der Waals surface area (Å²) in [6.07, 6.45) is 8.05. The Bertz CT molecular complexity index is 812. The molecular formula is C19H24IN5OS. The number of nitrogens with one attached hydrogen (secondary N) is 3. The minimum Gasteiger partial charge on any atom is -0.357 e. The molecular weight excluding hydrogens is 473 g/mol. The van der Waals surface area contributed by atoms with Gasteiger partial charge < -0.3 is 16.0 Å². The summed E-state index contributed by atoms with van der Waals surface area (Å²) >= 11 is 1.69. The quantitative estimate of drug-likeness (QED) is 0.238. The maximum atomic E-state index is 12.1. The van der Waals surface area contributed by atoms with Gasteiger partial charge in [0.15, 0.2) is 5.96 Å². The normalized spacial score (nSPS) is 10.5. The first-order valence-corrected chi connectivity index (χ1v) is 9.22. The first-order chi connectivity index (χ1) is 12.6. The largest absolute Gasteiger partial charge is 0.357 e. The van der Waals surface area contributed by atoms with E-state index in [1.807, 2.05) is 26.1 Å². The van der Waals surface area contributed by atoms with Gasteiger partial charge in [0.2, 0.25) is 5.91 Å². The van der Waals surface area contributed by atoms with Crippen molar-refractivity contribution in [3.8, 4) is 12.3 Å². The molecule has 0 saturated carbocycles. The molecule has 2 aromatic rings. The van der Waals surface area contributed by atoms with Gasteiger partial charge in [0.25, 0.3) is 0 Å². The number of benzene rings is 1. The van der Waals surface area contributed by atoms with Crippen LogP contribution in [0.4, 0.5) is 5.69 Å². The lowest BCUT2D eigenvalue weighted by Crippen LogP contribution is -2.39. The summed E-state index contributed by atoms with van der Waals surface area (Å²) in [6.45, 7) is 5.45. The van der Waals surface area contributed by atoms with Crippen molar-refractivity contribution in [2.75, 3.05) is 25.0 Å². The van der Waals surface area contributed by atoms with Gasteiger partial charge in [-0.3, -0.25) is 4.79 Å². The lowest BCUT2D eigenvalue weighted by Gasteiger charge is -2.10. The fourth-order valence-electron chi connectivity index (χ4n) is 2.18. The molecule has 0 fully saturated rings. The number of terminal acetylenes is 1. The van der Waals surface area contributed by atoms with Crippen LogP contribution in [0.3, 0.4) is 0 Å². The van der Waals surface area contributed by atoms with E-state index in [1.165, 1.54) is 4.88 Å². The Kier molecular flexibility index (Phi) is 10.4. The van der Waals surface area contributed by atoms with Crippen LogP contribution in [0.25, 0.3) is 0 Å². The molecule has 1 amide bonds. The monoisotopic (exact) mass is 497 g/mol. The Morgan fingerprint density at radius 3 is 2.85 bits per heavy atom. The van der Waals surface area contributed by atoms with E-state index in [-0.39, 0.29) is 36.4 Å². The number of carbonyl (C=O) groups excluding carboxylic acids is 1. The summed E-state index contributed by atoms with van der Waals surface area (Å²) in [7, 11) is 0. The van der Waals surface area contributed by atoms with E-state index in [4.69, 9.17) is 6.42 Å². The summed E-state index contributed by atoms with van der Waals surface area (Å²) in [5.74, 6) is 2.95. The van der Waals surface area contributed by atoms with E-state index in [0.29, 0.717) is 24.7 Å². The van der Waals surface area contributed by atoms with Crippen molar-refractivity contribution < 1.29 is 4.79 Å². The molecule has 6 nitrogen and oxygen atoms in total. The number of carbonyl (C=O) groups is 1. The second-order valence-corrected chi connectivity index (χ2v) is 6.83. The van der Waals surface area contributed by atoms with Gasteiger partial charge in [-0.05, 0) is 32.0 Å². The third-order valence-corrected chi connectivity index (χ3v) is 4.31. The number of guanidine groups is 1. The molecule has 1 aromatic carbocycles. The highest BCUT2D eigenvalue weighted by molar-refractivity contribution is 14.0. The molecule has 0 radical (unpaired) electrons. The number of halogens is 1. The summed E-state index contributed by atoms with van der Waals surface area (Å²) in [5, 5.41) is 10.2. The van der Waals surface area contributed by atoms with E-state index in [2.05, 4.69) is 31.8 Å². The van der Waals surface area contributed by atoms with Crippen molar-refractivity contribution in [3.05, 3.63) is 45.9 Å². The van der Waals surface area contributed by atoms with Crippen molar-refractivity contribution in [3.63, 3.8) is 0 Å². The van der Waals surface area contributed by atoms with Gasteiger partial charge in [0.1, 0.15) is 6.54 Å². The van der Waals surface area contributed by atoms with Crippen molar-refractivity contribution >= 4 is 52.9 Å². The average molecular weight is 497 g/mol. The fraction of sp³-hybridized carbons (Fsp3) is 0.316. The van der Waals surface area contributed by atoms with Crippen LogP contribution < -0.4 is 16.0 Å². The number of nitrogens with zero attached hydrogens (tertiary/aromatic N) is 2. The number of hydrogen-bond donors (Lipinski definition) is 3. The number of thiazole rings is 1. The van der Waals surface area contributed by atoms with Gasteiger partial charge in [0, 0.05) is 41.8 Å². The smallest absolute Gasteiger partial charge is 0.246 e. The summed E-state index contributed by atoms with van der Waals surface area (Å²) in [6, 6.07) is 7.16. The van der Waals surface area contributed by atoms with Crippen molar-refractivity contribution in [1.82, 2.24) is 15.6 Å². The van der Waals surface area contributed by atoms with Crippen molar-refractivity contribution in [1.29, 1.82) is 0 Å². The van der Waals surface area contributed by atoms with E-state index in [0.717, 1.165) is 17.0 Å². The minimum absolute atomic E-state index is 0. The molecule has 0 aliphatic carbocycles. The highest BCUT2D eigenvalue weighted by Gasteiger charge is 2.04.